The normalized spacial score (nSPS) is 17.6. The van der Waals surface area contributed by atoms with Gasteiger partial charge >= 0.3 is 0 Å². The SMILES string of the molecule is c1ccc(OCC[NH+]2CCN(c3ncnc4sc5c(c34)CCCC5)CC2)cc1. The monoisotopic (exact) mass is 395 g/mol. The number of nitrogens with one attached hydrogen (secondary N) is 1. The van der Waals surface area contributed by atoms with Crippen molar-refractivity contribution in [2.24, 2.45) is 0 Å². The van der Waals surface area contributed by atoms with Gasteiger partial charge in [0.25, 0.3) is 0 Å². The summed E-state index contributed by atoms with van der Waals surface area (Å²) in [5.41, 5.74) is 1.54. The van der Waals surface area contributed by atoms with Crippen LogP contribution in [0.25, 0.3) is 10.2 Å². The van der Waals surface area contributed by atoms with Crippen LogP contribution in [0.1, 0.15) is 23.3 Å². The van der Waals surface area contributed by atoms with Gasteiger partial charge in [-0.3, -0.25) is 0 Å². The van der Waals surface area contributed by atoms with Gasteiger partial charge in [-0.1, -0.05) is 18.2 Å². The van der Waals surface area contributed by atoms with Crippen molar-refractivity contribution in [3.05, 3.63) is 47.1 Å². The molecule has 0 amide bonds. The fourth-order valence-corrected chi connectivity index (χ4v) is 5.65. The smallest absolute Gasteiger partial charge is 0.141 e. The van der Waals surface area contributed by atoms with Crippen molar-refractivity contribution in [3.8, 4) is 5.75 Å². The minimum atomic E-state index is 0.773. The van der Waals surface area contributed by atoms with Crippen molar-refractivity contribution in [2.75, 3.05) is 44.2 Å². The summed E-state index contributed by atoms with van der Waals surface area (Å²) in [7, 11) is 0. The summed E-state index contributed by atoms with van der Waals surface area (Å²) in [6.45, 7) is 6.20. The molecule has 0 unspecified atom stereocenters. The summed E-state index contributed by atoms with van der Waals surface area (Å²) < 4.78 is 5.88. The van der Waals surface area contributed by atoms with Gasteiger partial charge in [0.2, 0.25) is 0 Å². The van der Waals surface area contributed by atoms with Crippen LogP contribution in [0.2, 0.25) is 0 Å². The topological polar surface area (TPSA) is 42.7 Å². The molecule has 5 rings (SSSR count). The molecule has 146 valence electrons. The highest BCUT2D eigenvalue weighted by Gasteiger charge is 2.26. The zero-order valence-corrected chi connectivity index (χ0v) is 17.0. The van der Waals surface area contributed by atoms with E-state index in [2.05, 4.69) is 9.88 Å². The van der Waals surface area contributed by atoms with E-state index in [4.69, 9.17) is 9.72 Å². The minimum Gasteiger partial charge on any atom is -0.488 e. The first kappa shape index (κ1) is 17.9. The number of aromatic nitrogens is 2. The predicted molar refractivity (Wildman–Crippen MR) is 114 cm³/mol. The van der Waals surface area contributed by atoms with Crippen LogP contribution in [0.4, 0.5) is 5.82 Å². The van der Waals surface area contributed by atoms with E-state index < -0.39 is 0 Å². The highest BCUT2D eigenvalue weighted by Crippen LogP contribution is 2.39. The second kappa shape index (κ2) is 8.05. The lowest BCUT2D eigenvalue weighted by Gasteiger charge is -2.33. The largest absolute Gasteiger partial charge is 0.488 e. The zero-order chi connectivity index (χ0) is 18.8. The summed E-state index contributed by atoms with van der Waals surface area (Å²) in [5.74, 6) is 2.13. The number of para-hydroxylation sites is 1. The Hall–Kier alpha value is -2.18. The maximum absolute atomic E-state index is 5.88. The molecule has 1 fully saturated rings. The number of hydrogen-bond donors (Lipinski definition) is 1. The van der Waals surface area contributed by atoms with Crippen LogP contribution in [0, 0.1) is 0 Å². The molecule has 2 aliphatic rings. The van der Waals surface area contributed by atoms with E-state index in [1.807, 2.05) is 41.7 Å². The standard InChI is InChI=1S/C22H26N4OS/c1-2-6-17(7-3-1)27-15-14-25-10-12-26(13-11-25)21-20-18-8-4-5-9-19(18)28-22(20)24-16-23-21/h1-3,6-7,16H,4-5,8-15H2/p+1. The summed E-state index contributed by atoms with van der Waals surface area (Å²) >= 11 is 1.89. The van der Waals surface area contributed by atoms with E-state index in [-0.39, 0.29) is 0 Å². The van der Waals surface area contributed by atoms with Crippen LogP contribution in [0.5, 0.6) is 5.75 Å². The number of anilines is 1. The van der Waals surface area contributed by atoms with E-state index in [0.29, 0.717) is 0 Å². The van der Waals surface area contributed by atoms with Crippen molar-refractivity contribution in [2.45, 2.75) is 25.7 Å². The Balaban J connectivity index is 1.23. The number of piperazine rings is 1. The number of nitrogens with zero attached hydrogens (tertiary/aromatic N) is 3. The molecule has 5 nitrogen and oxygen atoms in total. The lowest BCUT2D eigenvalue weighted by atomic mass is 9.97. The quantitative estimate of drug-likeness (QED) is 0.720. The Bertz CT molecular complexity index is 934. The number of fused-ring (bicyclic) bond motifs is 3. The molecule has 0 bridgehead atoms. The second-order valence-corrected chi connectivity index (χ2v) is 8.82. The van der Waals surface area contributed by atoms with Crippen LogP contribution in [0.15, 0.2) is 36.7 Å². The van der Waals surface area contributed by atoms with E-state index in [1.165, 1.54) is 47.3 Å². The molecule has 0 radical (unpaired) electrons. The Kier molecular flexibility index (Phi) is 5.14. The van der Waals surface area contributed by atoms with Gasteiger partial charge in [-0.2, -0.15) is 0 Å². The Labute approximate surface area is 170 Å². The molecule has 1 saturated heterocycles. The molecule has 2 aromatic heterocycles. The third-order valence-corrected chi connectivity index (χ3v) is 7.17. The molecule has 0 saturated carbocycles. The van der Waals surface area contributed by atoms with Crippen molar-refractivity contribution in [1.29, 1.82) is 0 Å². The molecular formula is C22H27N4OS+. The molecule has 28 heavy (non-hydrogen) atoms. The molecule has 3 aromatic rings. The van der Waals surface area contributed by atoms with E-state index in [1.54, 1.807) is 16.1 Å². The average Bonchev–Trinajstić information content (AvgIpc) is 3.14. The lowest BCUT2D eigenvalue weighted by molar-refractivity contribution is -0.900. The van der Waals surface area contributed by atoms with Crippen molar-refractivity contribution in [3.63, 3.8) is 0 Å². The third kappa shape index (κ3) is 3.59. The number of quaternary nitrogens is 1. The molecule has 1 aliphatic carbocycles. The van der Waals surface area contributed by atoms with Gasteiger partial charge in [-0.25, -0.2) is 9.97 Å². The van der Waals surface area contributed by atoms with Crippen LogP contribution < -0.4 is 14.5 Å². The maximum Gasteiger partial charge on any atom is 0.141 e. The van der Waals surface area contributed by atoms with Gasteiger partial charge in [0.05, 0.1) is 31.6 Å². The molecule has 6 heteroatoms. The van der Waals surface area contributed by atoms with Crippen molar-refractivity contribution < 1.29 is 9.64 Å². The highest BCUT2D eigenvalue weighted by atomic mass is 32.1. The molecular weight excluding hydrogens is 368 g/mol. The Morgan fingerprint density at radius 2 is 1.86 bits per heavy atom. The van der Waals surface area contributed by atoms with Crippen LogP contribution in [0.3, 0.4) is 0 Å². The summed E-state index contributed by atoms with van der Waals surface area (Å²) in [5, 5.41) is 1.35. The number of ether oxygens (including phenoxy) is 1. The number of thiophene rings is 1. The molecule has 0 spiro atoms. The van der Waals surface area contributed by atoms with Crippen molar-refractivity contribution in [1.82, 2.24) is 9.97 Å². The zero-order valence-electron chi connectivity index (χ0n) is 16.2. The Morgan fingerprint density at radius 1 is 1.04 bits per heavy atom. The van der Waals surface area contributed by atoms with Crippen molar-refractivity contribution >= 4 is 27.4 Å². The molecule has 0 atom stereocenters. The van der Waals surface area contributed by atoms with Gasteiger partial charge in [-0.15, -0.1) is 11.3 Å². The lowest BCUT2D eigenvalue weighted by Crippen LogP contribution is -3.15. The summed E-state index contributed by atoms with van der Waals surface area (Å²) in [6, 6.07) is 10.1. The fraction of sp³-hybridized carbons (Fsp3) is 0.455. The number of rotatable bonds is 5. The van der Waals surface area contributed by atoms with Gasteiger partial charge in [-0.05, 0) is 43.4 Å². The predicted octanol–water partition coefficient (Wildman–Crippen LogP) is 2.35. The third-order valence-electron chi connectivity index (χ3n) is 5.97. The van der Waals surface area contributed by atoms with Gasteiger partial charge in [0.15, 0.2) is 0 Å². The van der Waals surface area contributed by atoms with E-state index >= 15 is 0 Å². The molecule has 1 aromatic carbocycles. The van der Waals surface area contributed by atoms with E-state index in [0.717, 1.165) is 45.1 Å². The van der Waals surface area contributed by atoms with Crippen LogP contribution >= 0.6 is 11.3 Å². The van der Waals surface area contributed by atoms with Gasteiger partial charge in [0, 0.05) is 4.88 Å². The number of hydrogen-bond acceptors (Lipinski definition) is 5. The van der Waals surface area contributed by atoms with Crippen LogP contribution in [-0.2, 0) is 12.8 Å². The molecule has 1 aliphatic heterocycles. The summed E-state index contributed by atoms with van der Waals surface area (Å²) in [4.78, 5) is 16.1. The maximum atomic E-state index is 5.88. The van der Waals surface area contributed by atoms with Gasteiger partial charge in [0.1, 0.15) is 35.9 Å². The fourth-order valence-electron chi connectivity index (χ4n) is 4.43. The van der Waals surface area contributed by atoms with E-state index in [9.17, 15) is 0 Å². The first-order valence-corrected chi connectivity index (χ1v) is 11.2. The minimum absolute atomic E-state index is 0.773. The van der Waals surface area contributed by atoms with Crippen LogP contribution in [-0.4, -0.2) is 49.3 Å². The Morgan fingerprint density at radius 3 is 2.71 bits per heavy atom. The molecule has 3 heterocycles. The second-order valence-electron chi connectivity index (χ2n) is 7.74. The first-order chi connectivity index (χ1) is 13.9. The number of aryl methyl sites for hydroxylation is 2. The first-order valence-electron chi connectivity index (χ1n) is 10.4. The average molecular weight is 396 g/mol. The number of benzene rings is 1. The highest BCUT2D eigenvalue weighted by molar-refractivity contribution is 7.19. The van der Waals surface area contributed by atoms with Gasteiger partial charge < -0.3 is 14.5 Å². The molecule has 1 N–H and O–H groups in total. The summed E-state index contributed by atoms with van der Waals surface area (Å²) in [6.07, 6.45) is 6.78.